The third-order valence-electron chi connectivity index (χ3n) is 5.72. The highest BCUT2D eigenvalue weighted by molar-refractivity contribution is 8.27. The molecule has 1 aliphatic heterocycles. The van der Waals surface area contributed by atoms with Gasteiger partial charge in [0.15, 0.2) is 22.4 Å². The van der Waals surface area contributed by atoms with Gasteiger partial charge in [0.05, 0.1) is 17.7 Å². The third-order valence-corrected chi connectivity index (χ3v) is 7.02. The van der Waals surface area contributed by atoms with Crippen LogP contribution >= 0.6 is 24.0 Å². The van der Waals surface area contributed by atoms with Crippen LogP contribution in [0.2, 0.25) is 0 Å². The lowest BCUT2D eigenvalue weighted by molar-refractivity contribution is -0.118. The van der Waals surface area contributed by atoms with E-state index in [2.05, 4.69) is 5.32 Å². The Kier molecular flexibility index (Phi) is 7.76. The molecule has 0 aliphatic carbocycles. The maximum atomic E-state index is 13.1. The van der Waals surface area contributed by atoms with Gasteiger partial charge < -0.3 is 14.8 Å². The zero-order valence-corrected chi connectivity index (χ0v) is 22.1. The summed E-state index contributed by atoms with van der Waals surface area (Å²) < 4.78 is 11.6. The highest BCUT2D eigenvalue weighted by Crippen LogP contribution is 2.37. The molecule has 1 N–H and O–H groups in total. The smallest absolute Gasteiger partial charge is 0.270 e. The Bertz CT molecular complexity index is 1370. The highest BCUT2D eigenvalue weighted by Gasteiger charge is 2.33. The number of aryl methyl sites for hydroxylation is 3. The Labute approximate surface area is 220 Å². The van der Waals surface area contributed by atoms with Gasteiger partial charge >= 0.3 is 0 Å². The second-order valence-corrected chi connectivity index (χ2v) is 10.1. The predicted octanol–water partition coefficient (Wildman–Crippen LogP) is 6.04. The maximum absolute atomic E-state index is 13.1. The first-order valence-corrected chi connectivity index (χ1v) is 12.5. The Morgan fingerprint density at radius 3 is 2.44 bits per heavy atom. The molecule has 8 heteroatoms. The summed E-state index contributed by atoms with van der Waals surface area (Å²) in [5, 5.41) is 2.80. The van der Waals surface area contributed by atoms with Crippen LogP contribution in [0.25, 0.3) is 6.08 Å². The Balaban J connectivity index is 1.45. The molecule has 0 radical (unpaired) electrons. The highest BCUT2D eigenvalue weighted by atomic mass is 32.2. The molecule has 1 fully saturated rings. The zero-order valence-electron chi connectivity index (χ0n) is 20.5. The number of ether oxygens (including phenoxy) is 2. The van der Waals surface area contributed by atoms with Crippen LogP contribution in [0.4, 0.5) is 11.4 Å². The number of carbonyl (C=O) groups excluding carboxylic acids is 2. The number of benzene rings is 3. The lowest BCUT2D eigenvalue weighted by Crippen LogP contribution is -2.27. The first-order valence-electron chi connectivity index (χ1n) is 11.3. The summed E-state index contributed by atoms with van der Waals surface area (Å²) >= 11 is 6.75. The maximum Gasteiger partial charge on any atom is 0.270 e. The summed E-state index contributed by atoms with van der Waals surface area (Å²) in [7, 11) is 1.53. The number of rotatable bonds is 7. The van der Waals surface area contributed by atoms with Crippen molar-refractivity contribution in [3.63, 3.8) is 0 Å². The fourth-order valence-corrected chi connectivity index (χ4v) is 4.88. The number of nitrogens with zero attached hydrogens (tertiary/aromatic N) is 1. The fraction of sp³-hybridized carbons (Fsp3) is 0.179. The van der Waals surface area contributed by atoms with E-state index in [0.29, 0.717) is 26.4 Å². The van der Waals surface area contributed by atoms with Gasteiger partial charge in [-0.3, -0.25) is 14.5 Å². The summed E-state index contributed by atoms with van der Waals surface area (Å²) in [6.45, 7) is 5.85. The number of thiocarbonyl (C=S) groups is 1. The Morgan fingerprint density at radius 1 is 1.00 bits per heavy atom. The van der Waals surface area contributed by atoms with Crippen LogP contribution in [0, 0.1) is 20.8 Å². The van der Waals surface area contributed by atoms with E-state index in [-0.39, 0.29) is 18.4 Å². The van der Waals surface area contributed by atoms with Gasteiger partial charge in [0.1, 0.15) is 0 Å². The number of thioether (sulfide) groups is 1. The second kappa shape index (κ2) is 11.0. The molecule has 0 spiro atoms. The van der Waals surface area contributed by atoms with E-state index in [1.165, 1.54) is 18.9 Å². The van der Waals surface area contributed by atoms with Gasteiger partial charge in [0.25, 0.3) is 11.8 Å². The molecule has 184 valence electrons. The number of anilines is 2. The molecular formula is C28H26N2O4S2. The van der Waals surface area contributed by atoms with E-state index in [4.69, 9.17) is 21.7 Å². The first kappa shape index (κ1) is 25.5. The van der Waals surface area contributed by atoms with Crippen LogP contribution in [0.3, 0.4) is 0 Å². The molecule has 36 heavy (non-hydrogen) atoms. The van der Waals surface area contributed by atoms with Gasteiger partial charge in [-0.15, -0.1) is 0 Å². The number of nitrogens with one attached hydrogen (secondary N) is 1. The summed E-state index contributed by atoms with van der Waals surface area (Å²) in [5.74, 6) is 0.438. The molecule has 0 unspecified atom stereocenters. The number of carbonyl (C=O) groups is 2. The van der Waals surface area contributed by atoms with E-state index in [9.17, 15) is 9.59 Å². The number of amides is 2. The van der Waals surface area contributed by atoms with Gasteiger partial charge in [0, 0.05) is 5.69 Å². The van der Waals surface area contributed by atoms with Gasteiger partial charge in [-0.1, -0.05) is 53.8 Å². The Hall–Kier alpha value is -3.62. The van der Waals surface area contributed by atoms with E-state index >= 15 is 0 Å². The third kappa shape index (κ3) is 5.78. The summed E-state index contributed by atoms with van der Waals surface area (Å²) in [6, 6.07) is 18.7. The molecule has 1 aliphatic rings. The van der Waals surface area contributed by atoms with Crippen molar-refractivity contribution in [1.82, 2.24) is 0 Å². The summed E-state index contributed by atoms with van der Waals surface area (Å²) in [4.78, 5) is 27.5. The van der Waals surface area contributed by atoms with Crippen LogP contribution in [0.15, 0.2) is 65.6 Å². The molecule has 1 saturated heterocycles. The van der Waals surface area contributed by atoms with Gasteiger partial charge in [-0.25, -0.2) is 0 Å². The van der Waals surface area contributed by atoms with Crippen molar-refractivity contribution in [3.8, 4) is 11.5 Å². The van der Waals surface area contributed by atoms with E-state index in [1.807, 2.05) is 63.2 Å². The number of hydrogen-bond acceptors (Lipinski definition) is 6. The van der Waals surface area contributed by atoms with Crippen LogP contribution in [-0.4, -0.2) is 29.9 Å². The topological polar surface area (TPSA) is 67.9 Å². The van der Waals surface area contributed by atoms with Crippen LogP contribution in [0.5, 0.6) is 11.5 Å². The van der Waals surface area contributed by atoms with Crippen molar-refractivity contribution >= 4 is 57.6 Å². The molecule has 4 rings (SSSR count). The molecule has 3 aromatic carbocycles. The standard InChI is InChI=1S/C28H26N2O4S2/c1-17-5-9-21(10-6-17)29-26(31)16-34-23-12-8-20(14-24(23)33-4)15-25-27(32)30(28(35)36-25)22-11-7-18(2)19(3)13-22/h5-15H,16H2,1-4H3,(H,29,31). The molecule has 0 atom stereocenters. The van der Waals surface area contributed by atoms with Gasteiger partial charge in [-0.05, 0) is 79.9 Å². The minimum Gasteiger partial charge on any atom is -0.493 e. The second-order valence-electron chi connectivity index (χ2n) is 8.40. The first-order chi connectivity index (χ1) is 17.2. The van der Waals surface area contributed by atoms with E-state index in [0.717, 1.165) is 27.9 Å². The number of hydrogen-bond donors (Lipinski definition) is 1. The van der Waals surface area contributed by atoms with Crippen molar-refractivity contribution in [2.45, 2.75) is 20.8 Å². The average Bonchev–Trinajstić information content (AvgIpc) is 3.13. The molecular weight excluding hydrogens is 492 g/mol. The zero-order chi connectivity index (χ0) is 25.8. The van der Waals surface area contributed by atoms with Crippen LogP contribution in [-0.2, 0) is 9.59 Å². The van der Waals surface area contributed by atoms with Gasteiger partial charge in [0.2, 0.25) is 0 Å². The lowest BCUT2D eigenvalue weighted by atomic mass is 10.1. The number of methoxy groups -OCH3 is 1. The quantitative estimate of drug-likeness (QED) is 0.304. The van der Waals surface area contributed by atoms with Crippen molar-refractivity contribution in [2.24, 2.45) is 0 Å². The molecule has 0 aromatic heterocycles. The molecule has 0 bridgehead atoms. The van der Waals surface area contributed by atoms with Crippen LogP contribution < -0.4 is 19.7 Å². The molecule has 6 nitrogen and oxygen atoms in total. The molecule has 2 amide bonds. The largest absolute Gasteiger partial charge is 0.493 e. The fourth-order valence-electron chi connectivity index (χ4n) is 3.58. The van der Waals surface area contributed by atoms with Crippen molar-refractivity contribution in [3.05, 3.63) is 87.8 Å². The minimum absolute atomic E-state index is 0.166. The SMILES string of the molecule is COc1cc(C=C2SC(=S)N(c3ccc(C)c(C)c3)C2=O)ccc1OCC(=O)Nc1ccc(C)cc1. The Morgan fingerprint density at radius 2 is 1.75 bits per heavy atom. The molecule has 0 saturated carbocycles. The lowest BCUT2D eigenvalue weighted by Gasteiger charge is -2.16. The van der Waals surface area contributed by atoms with Crippen molar-refractivity contribution in [2.75, 3.05) is 23.9 Å². The van der Waals surface area contributed by atoms with Gasteiger partial charge in [-0.2, -0.15) is 0 Å². The molecule has 1 heterocycles. The van der Waals surface area contributed by atoms with E-state index < -0.39 is 0 Å². The average molecular weight is 519 g/mol. The minimum atomic E-state index is -0.278. The van der Waals surface area contributed by atoms with Crippen molar-refractivity contribution in [1.29, 1.82) is 0 Å². The predicted molar refractivity (Wildman–Crippen MR) is 150 cm³/mol. The summed E-state index contributed by atoms with van der Waals surface area (Å²) in [5.41, 5.74) is 5.58. The van der Waals surface area contributed by atoms with Crippen LogP contribution in [0.1, 0.15) is 22.3 Å². The van der Waals surface area contributed by atoms with E-state index in [1.54, 1.807) is 29.2 Å². The monoisotopic (exact) mass is 518 g/mol. The normalized spacial score (nSPS) is 14.3. The summed E-state index contributed by atoms with van der Waals surface area (Å²) in [6.07, 6.45) is 1.77. The molecule has 3 aromatic rings. The van der Waals surface area contributed by atoms with Crippen molar-refractivity contribution < 1.29 is 19.1 Å².